The molecule has 0 bridgehead atoms. The van der Waals surface area contributed by atoms with Gasteiger partial charge in [0.2, 0.25) is 0 Å². The zero-order chi connectivity index (χ0) is 18.0. The molecule has 1 aromatic carbocycles. The highest BCUT2D eigenvalue weighted by atomic mass is 16.1. The van der Waals surface area contributed by atoms with Gasteiger partial charge in [-0.3, -0.25) is 4.79 Å². The van der Waals surface area contributed by atoms with Crippen LogP contribution in [0.2, 0.25) is 0 Å². The van der Waals surface area contributed by atoms with Crippen LogP contribution in [0, 0.1) is 27.7 Å². The molecule has 4 nitrogen and oxygen atoms in total. The van der Waals surface area contributed by atoms with E-state index in [0.717, 1.165) is 22.5 Å². The number of amides is 1. The number of nitrogens with two attached hydrogens (primary N) is 1. The molecule has 0 fully saturated rings. The summed E-state index contributed by atoms with van der Waals surface area (Å²) < 4.78 is 2.20. The van der Waals surface area contributed by atoms with Crippen molar-refractivity contribution in [1.82, 2.24) is 9.88 Å². The summed E-state index contributed by atoms with van der Waals surface area (Å²) in [5.74, 6) is -0.0169. The summed E-state index contributed by atoms with van der Waals surface area (Å²) >= 11 is 0. The Morgan fingerprint density at radius 1 is 1.12 bits per heavy atom. The summed E-state index contributed by atoms with van der Waals surface area (Å²) in [6, 6.07) is 6.51. The molecule has 130 valence electrons. The molecule has 2 aromatic rings. The lowest BCUT2D eigenvalue weighted by Crippen LogP contribution is -2.24. The number of hydrogen-bond acceptors (Lipinski definition) is 2. The molecule has 0 saturated heterocycles. The standard InChI is InChI=1S/C20H29N3O/c1-12(2)23-15(5)9-18(16(23)6)20(24)22-11-19-13(3)7-17(10-21)8-14(19)4/h7-9,12H,10-11,21H2,1-6H3,(H,22,24). The Balaban J connectivity index is 2.19. The van der Waals surface area contributed by atoms with E-state index in [1.54, 1.807) is 0 Å². The molecule has 0 saturated carbocycles. The number of nitrogens with zero attached hydrogens (tertiary/aromatic N) is 1. The van der Waals surface area contributed by atoms with E-state index in [0.29, 0.717) is 19.1 Å². The third-order valence-electron chi connectivity index (χ3n) is 4.66. The first-order chi connectivity index (χ1) is 11.3. The maximum Gasteiger partial charge on any atom is 0.253 e. The van der Waals surface area contributed by atoms with Gasteiger partial charge in [-0.2, -0.15) is 0 Å². The second kappa shape index (κ2) is 7.22. The first-order valence-corrected chi connectivity index (χ1v) is 8.52. The number of hydrogen-bond donors (Lipinski definition) is 2. The monoisotopic (exact) mass is 327 g/mol. The minimum atomic E-state index is -0.0169. The first-order valence-electron chi connectivity index (χ1n) is 8.52. The highest BCUT2D eigenvalue weighted by molar-refractivity contribution is 5.95. The number of carbonyl (C=O) groups is 1. The molecule has 1 aromatic heterocycles. The minimum absolute atomic E-state index is 0.0169. The fourth-order valence-corrected chi connectivity index (χ4v) is 3.55. The smallest absolute Gasteiger partial charge is 0.253 e. The van der Waals surface area contributed by atoms with Crippen molar-refractivity contribution < 1.29 is 4.79 Å². The number of aromatic nitrogens is 1. The highest BCUT2D eigenvalue weighted by Crippen LogP contribution is 2.21. The molecule has 4 heteroatoms. The SMILES string of the molecule is Cc1cc(CN)cc(C)c1CNC(=O)c1cc(C)n(C(C)C)c1C. The molecule has 0 unspecified atom stereocenters. The number of carbonyl (C=O) groups excluding carboxylic acids is 1. The van der Waals surface area contributed by atoms with E-state index in [1.165, 1.54) is 16.7 Å². The fraction of sp³-hybridized carbons (Fsp3) is 0.450. The molecule has 24 heavy (non-hydrogen) atoms. The van der Waals surface area contributed by atoms with Gasteiger partial charge in [-0.05, 0) is 69.9 Å². The van der Waals surface area contributed by atoms with E-state index >= 15 is 0 Å². The Kier molecular flexibility index (Phi) is 5.50. The van der Waals surface area contributed by atoms with Crippen LogP contribution in [0.4, 0.5) is 0 Å². The molecular formula is C20H29N3O. The summed E-state index contributed by atoms with van der Waals surface area (Å²) in [6.07, 6.45) is 0. The molecule has 1 amide bonds. The zero-order valence-electron chi connectivity index (χ0n) is 15.7. The van der Waals surface area contributed by atoms with Crippen LogP contribution in [-0.2, 0) is 13.1 Å². The van der Waals surface area contributed by atoms with E-state index in [9.17, 15) is 4.79 Å². The molecule has 0 aliphatic heterocycles. The summed E-state index contributed by atoms with van der Waals surface area (Å²) in [4.78, 5) is 12.6. The van der Waals surface area contributed by atoms with Crippen molar-refractivity contribution >= 4 is 5.91 Å². The van der Waals surface area contributed by atoms with Crippen molar-refractivity contribution in [2.24, 2.45) is 5.73 Å². The van der Waals surface area contributed by atoms with Crippen LogP contribution in [-0.4, -0.2) is 10.5 Å². The van der Waals surface area contributed by atoms with Gasteiger partial charge >= 0.3 is 0 Å². The lowest BCUT2D eigenvalue weighted by molar-refractivity contribution is 0.0950. The molecule has 2 rings (SSSR count). The average Bonchev–Trinajstić information content (AvgIpc) is 2.80. The third kappa shape index (κ3) is 3.54. The van der Waals surface area contributed by atoms with Crippen molar-refractivity contribution in [2.75, 3.05) is 0 Å². The van der Waals surface area contributed by atoms with E-state index in [4.69, 9.17) is 5.73 Å². The summed E-state index contributed by atoms with van der Waals surface area (Å²) in [6.45, 7) is 13.5. The van der Waals surface area contributed by atoms with E-state index in [1.807, 2.05) is 19.9 Å². The molecule has 0 atom stereocenters. The molecule has 1 heterocycles. The van der Waals surface area contributed by atoms with Crippen LogP contribution < -0.4 is 11.1 Å². The molecule has 0 spiro atoms. The van der Waals surface area contributed by atoms with E-state index in [2.05, 4.69) is 49.7 Å². The van der Waals surface area contributed by atoms with Crippen molar-refractivity contribution in [3.05, 3.63) is 57.4 Å². The Bertz CT molecular complexity index is 733. The number of benzene rings is 1. The highest BCUT2D eigenvalue weighted by Gasteiger charge is 2.17. The predicted molar refractivity (Wildman–Crippen MR) is 99.3 cm³/mol. The van der Waals surface area contributed by atoms with Crippen LogP contribution in [0.3, 0.4) is 0 Å². The Morgan fingerprint density at radius 3 is 2.17 bits per heavy atom. The topological polar surface area (TPSA) is 60.0 Å². The van der Waals surface area contributed by atoms with Gasteiger partial charge in [0.25, 0.3) is 5.91 Å². The van der Waals surface area contributed by atoms with Crippen LogP contribution >= 0.6 is 0 Å². The number of aryl methyl sites for hydroxylation is 3. The minimum Gasteiger partial charge on any atom is -0.348 e. The second-order valence-corrected chi connectivity index (χ2v) is 6.84. The van der Waals surface area contributed by atoms with Gasteiger partial charge in [-0.25, -0.2) is 0 Å². The summed E-state index contributed by atoms with van der Waals surface area (Å²) in [5, 5.41) is 3.07. The van der Waals surface area contributed by atoms with Gasteiger partial charge in [-0.1, -0.05) is 12.1 Å². The van der Waals surface area contributed by atoms with Crippen LogP contribution in [0.25, 0.3) is 0 Å². The quantitative estimate of drug-likeness (QED) is 0.880. The zero-order valence-corrected chi connectivity index (χ0v) is 15.7. The Hall–Kier alpha value is -2.07. The maximum atomic E-state index is 12.6. The van der Waals surface area contributed by atoms with Crippen LogP contribution in [0.15, 0.2) is 18.2 Å². The molecule has 0 aliphatic rings. The van der Waals surface area contributed by atoms with Crippen molar-refractivity contribution in [3.8, 4) is 0 Å². The van der Waals surface area contributed by atoms with Crippen molar-refractivity contribution in [1.29, 1.82) is 0 Å². The Labute approximate surface area is 145 Å². The van der Waals surface area contributed by atoms with Crippen molar-refractivity contribution in [2.45, 2.75) is 60.7 Å². The summed E-state index contributed by atoms with van der Waals surface area (Å²) in [5.41, 5.74) is 13.2. The van der Waals surface area contributed by atoms with E-state index in [-0.39, 0.29) is 5.91 Å². The molecule has 3 N–H and O–H groups in total. The maximum absolute atomic E-state index is 12.6. The first kappa shape index (κ1) is 18.3. The molecule has 0 aliphatic carbocycles. The van der Waals surface area contributed by atoms with Gasteiger partial charge in [0.15, 0.2) is 0 Å². The van der Waals surface area contributed by atoms with Crippen LogP contribution in [0.1, 0.15) is 63.9 Å². The molecular weight excluding hydrogens is 298 g/mol. The van der Waals surface area contributed by atoms with Gasteiger partial charge in [-0.15, -0.1) is 0 Å². The van der Waals surface area contributed by atoms with Crippen LogP contribution in [0.5, 0.6) is 0 Å². The number of rotatable bonds is 5. The third-order valence-corrected chi connectivity index (χ3v) is 4.66. The normalized spacial score (nSPS) is 11.2. The largest absolute Gasteiger partial charge is 0.348 e. The molecule has 0 radical (unpaired) electrons. The van der Waals surface area contributed by atoms with E-state index < -0.39 is 0 Å². The van der Waals surface area contributed by atoms with Gasteiger partial charge < -0.3 is 15.6 Å². The lowest BCUT2D eigenvalue weighted by atomic mass is 9.99. The van der Waals surface area contributed by atoms with Gasteiger partial charge in [0, 0.05) is 30.5 Å². The van der Waals surface area contributed by atoms with Gasteiger partial charge in [0.05, 0.1) is 5.56 Å². The number of nitrogens with one attached hydrogen (secondary N) is 1. The van der Waals surface area contributed by atoms with Crippen molar-refractivity contribution in [3.63, 3.8) is 0 Å². The fourth-order valence-electron chi connectivity index (χ4n) is 3.55. The Morgan fingerprint density at radius 2 is 1.71 bits per heavy atom. The second-order valence-electron chi connectivity index (χ2n) is 6.84. The predicted octanol–water partition coefficient (Wildman–Crippen LogP) is 3.69. The lowest BCUT2D eigenvalue weighted by Gasteiger charge is -2.15. The van der Waals surface area contributed by atoms with Gasteiger partial charge in [0.1, 0.15) is 0 Å². The summed E-state index contributed by atoms with van der Waals surface area (Å²) in [7, 11) is 0. The average molecular weight is 327 g/mol.